The molecule has 0 aliphatic heterocycles. The Labute approximate surface area is 119 Å². The van der Waals surface area contributed by atoms with Crippen LogP contribution in [0.3, 0.4) is 0 Å². The van der Waals surface area contributed by atoms with Gasteiger partial charge in [0.15, 0.2) is 0 Å². The van der Waals surface area contributed by atoms with Crippen molar-refractivity contribution in [3.05, 3.63) is 0 Å². The van der Waals surface area contributed by atoms with Gasteiger partial charge in [0.05, 0.1) is 0 Å². The molecule has 104 valence electrons. The van der Waals surface area contributed by atoms with E-state index in [0.29, 0.717) is 6.13 Å². The number of halogens is 1. The molecule has 2 fully saturated rings. The predicted molar refractivity (Wildman–Crippen MR) is 83.5 cm³/mol. The summed E-state index contributed by atoms with van der Waals surface area (Å²) >= 11 is 6.96. The van der Waals surface area contributed by atoms with E-state index in [1.54, 1.807) is 0 Å². The monoisotopic (exact) mass is 268 g/mol. The first-order chi connectivity index (χ1) is 8.49. The average molecular weight is 269 g/mol. The Hall–Kier alpha value is 0.355. The smallest absolute Gasteiger partial charge is 0.195 e. The number of hydrogen-bond donors (Lipinski definition) is 0. The average Bonchev–Trinajstić information content (AvgIpc) is 2.34. The minimum atomic E-state index is 0.431. The van der Waals surface area contributed by atoms with Crippen molar-refractivity contribution in [1.82, 2.24) is 0 Å². The maximum atomic E-state index is 6.96. The second kappa shape index (κ2) is 6.20. The largest absolute Gasteiger partial charge is 0.257 e. The Bertz CT molecular complexity index is 242. The second-order valence-corrected chi connectivity index (χ2v) is 8.07. The molecule has 6 unspecified atom stereocenters. The van der Waals surface area contributed by atoms with E-state index in [1.807, 2.05) is 0 Å². The van der Waals surface area contributed by atoms with E-state index in [1.165, 1.54) is 38.5 Å². The van der Waals surface area contributed by atoms with Crippen molar-refractivity contribution in [2.24, 2.45) is 23.7 Å². The summed E-state index contributed by atoms with van der Waals surface area (Å²) in [5.74, 6) is 5.01. The van der Waals surface area contributed by atoms with E-state index in [0.717, 1.165) is 35.3 Å². The normalized spacial score (nSPS) is 45.8. The third-order valence-electron chi connectivity index (χ3n) is 5.86. The van der Waals surface area contributed by atoms with Gasteiger partial charge in [-0.15, -0.1) is 0 Å². The molecule has 0 bridgehead atoms. The van der Waals surface area contributed by atoms with Crippen molar-refractivity contribution in [2.75, 3.05) is 0 Å². The molecule has 18 heavy (non-hydrogen) atoms. The van der Waals surface area contributed by atoms with Gasteiger partial charge in [0.1, 0.15) is 0 Å². The van der Waals surface area contributed by atoms with Gasteiger partial charge in [0, 0.05) is 0 Å². The lowest BCUT2D eigenvalue weighted by Crippen LogP contribution is -2.35. The number of hydrogen-bond acceptors (Lipinski definition) is 0. The quantitative estimate of drug-likeness (QED) is 0.550. The van der Waals surface area contributed by atoms with Crippen LogP contribution >= 0.6 is 11.5 Å². The van der Waals surface area contributed by atoms with Gasteiger partial charge in [-0.2, -0.15) is 11.5 Å². The molecule has 0 radical (unpaired) electrons. The van der Waals surface area contributed by atoms with Gasteiger partial charge in [-0.1, -0.05) is 66.2 Å². The van der Waals surface area contributed by atoms with E-state index in [4.69, 9.17) is 11.5 Å². The van der Waals surface area contributed by atoms with Crippen LogP contribution < -0.4 is 0 Å². The molecule has 0 nitrogen and oxygen atoms in total. The molecule has 0 aromatic heterocycles. The van der Waals surface area contributed by atoms with Gasteiger partial charge in [-0.25, -0.2) is 0 Å². The molecule has 0 saturated heterocycles. The molecule has 2 heteroatoms. The van der Waals surface area contributed by atoms with Crippen molar-refractivity contribution in [2.45, 2.75) is 77.9 Å². The molecule has 0 spiro atoms. The van der Waals surface area contributed by atoms with Crippen LogP contribution in [0.15, 0.2) is 0 Å². The highest BCUT2D eigenvalue weighted by molar-refractivity contribution is 7.08. The van der Waals surface area contributed by atoms with Crippen LogP contribution in [-0.2, 0) is 0 Å². The zero-order valence-corrected chi connectivity index (χ0v) is 13.4. The van der Waals surface area contributed by atoms with E-state index < -0.39 is 0 Å². The molecule has 2 saturated carbocycles. The van der Waals surface area contributed by atoms with Gasteiger partial charge < -0.3 is 0 Å². The number of rotatable bonds is 2. The first kappa shape index (κ1) is 14.8. The Kier molecular flexibility index (Phi) is 5.09. The zero-order chi connectivity index (χ0) is 13.3. The van der Waals surface area contributed by atoms with Crippen LogP contribution in [0.2, 0.25) is 11.6 Å². The lowest BCUT2D eigenvalue weighted by Gasteiger charge is -2.41. The second-order valence-electron chi connectivity index (χ2n) is 7.56. The minimum Gasteiger partial charge on any atom is -0.195 e. The summed E-state index contributed by atoms with van der Waals surface area (Å²) in [6.07, 6.45) is 8.79. The lowest BCUT2D eigenvalue weighted by atomic mass is 9.42. The molecule has 0 amide bonds. The van der Waals surface area contributed by atoms with Gasteiger partial charge >= 0.3 is 0 Å². The van der Waals surface area contributed by atoms with E-state index in [9.17, 15) is 0 Å². The summed E-state index contributed by atoms with van der Waals surface area (Å²) < 4.78 is 0. The topological polar surface area (TPSA) is 0 Å². The Morgan fingerprint density at radius 3 is 1.50 bits per heavy atom. The van der Waals surface area contributed by atoms with Crippen LogP contribution in [-0.4, -0.2) is 6.13 Å². The fourth-order valence-electron chi connectivity index (χ4n) is 4.36. The standard InChI is InChI=1S/C16H30BCl/c1-11-5-7-13(3)15(9-11)17(18)16-10-12(2)6-8-14(16)4/h11-16H,5-10H2,1-4H3. The van der Waals surface area contributed by atoms with Crippen molar-refractivity contribution in [3.8, 4) is 0 Å². The summed E-state index contributed by atoms with van der Waals surface area (Å²) in [4.78, 5) is 0. The van der Waals surface area contributed by atoms with Crippen molar-refractivity contribution < 1.29 is 0 Å². The molecule has 6 atom stereocenters. The van der Waals surface area contributed by atoms with Crippen molar-refractivity contribution in [1.29, 1.82) is 0 Å². The molecule has 0 heterocycles. The van der Waals surface area contributed by atoms with E-state index in [2.05, 4.69) is 27.7 Å². The third-order valence-corrected chi connectivity index (χ3v) is 6.51. The molecular formula is C16H30BCl. The molecule has 2 aliphatic rings. The van der Waals surface area contributed by atoms with Crippen LogP contribution in [0.4, 0.5) is 0 Å². The summed E-state index contributed by atoms with van der Waals surface area (Å²) in [7, 11) is 0. The highest BCUT2D eigenvalue weighted by atomic mass is 35.5. The first-order valence-electron chi connectivity index (χ1n) is 8.13. The SMILES string of the molecule is CC1CCC(C)C(B(Cl)C2CC(C)CCC2C)C1. The maximum Gasteiger partial charge on any atom is 0.257 e. The van der Waals surface area contributed by atoms with Gasteiger partial charge in [-0.3, -0.25) is 0 Å². The molecule has 0 aromatic carbocycles. The molecular weight excluding hydrogens is 238 g/mol. The Balaban J connectivity index is 2.01. The minimum absolute atomic E-state index is 0.431. The summed E-state index contributed by atoms with van der Waals surface area (Å²) in [5.41, 5.74) is 0. The van der Waals surface area contributed by atoms with Gasteiger partial charge in [-0.05, 0) is 35.3 Å². The Morgan fingerprint density at radius 2 is 1.11 bits per heavy atom. The third kappa shape index (κ3) is 3.27. The van der Waals surface area contributed by atoms with Gasteiger partial charge in [0.25, 0.3) is 6.13 Å². The van der Waals surface area contributed by atoms with Crippen LogP contribution in [0.5, 0.6) is 0 Å². The highest BCUT2D eigenvalue weighted by Gasteiger charge is 2.41. The Morgan fingerprint density at radius 1 is 0.722 bits per heavy atom. The molecule has 0 N–H and O–H groups in total. The molecule has 2 aliphatic carbocycles. The fraction of sp³-hybridized carbons (Fsp3) is 1.00. The summed E-state index contributed by atoms with van der Waals surface area (Å²) in [6, 6.07) is 0. The van der Waals surface area contributed by atoms with Crippen LogP contribution in [0.25, 0.3) is 0 Å². The molecule has 2 rings (SSSR count). The van der Waals surface area contributed by atoms with Crippen molar-refractivity contribution >= 4 is 17.6 Å². The lowest BCUT2D eigenvalue weighted by molar-refractivity contribution is 0.280. The zero-order valence-electron chi connectivity index (χ0n) is 12.7. The van der Waals surface area contributed by atoms with Crippen LogP contribution in [0.1, 0.15) is 66.2 Å². The predicted octanol–water partition coefficient (Wildman–Crippen LogP) is 5.87. The fourth-order valence-corrected chi connectivity index (χ4v) is 5.06. The van der Waals surface area contributed by atoms with E-state index >= 15 is 0 Å². The van der Waals surface area contributed by atoms with Crippen LogP contribution in [0, 0.1) is 23.7 Å². The summed E-state index contributed by atoms with van der Waals surface area (Å²) in [5, 5.41) is 0. The maximum absolute atomic E-state index is 6.96. The first-order valence-corrected chi connectivity index (χ1v) is 8.56. The van der Waals surface area contributed by atoms with Gasteiger partial charge in [0.2, 0.25) is 0 Å². The highest BCUT2D eigenvalue weighted by Crippen LogP contribution is 2.49. The summed E-state index contributed by atoms with van der Waals surface area (Å²) in [6.45, 7) is 9.69. The molecule has 0 aromatic rings. The van der Waals surface area contributed by atoms with E-state index in [-0.39, 0.29) is 0 Å². The van der Waals surface area contributed by atoms with Crippen molar-refractivity contribution in [3.63, 3.8) is 0 Å².